The molecule has 0 N–H and O–H groups in total. The second-order valence-electron chi connectivity index (χ2n) is 5.08. The van der Waals surface area contributed by atoms with Crippen LogP contribution in [0.25, 0.3) is 0 Å². The maximum atomic E-state index is 4.37. The van der Waals surface area contributed by atoms with Crippen molar-refractivity contribution in [1.82, 2.24) is 19.4 Å². The highest BCUT2D eigenvalue weighted by molar-refractivity contribution is 7.07. The zero-order valence-electron chi connectivity index (χ0n) is 10.6. The second kappa shape index (κ2) is 5.20. The van der Waals surface area contributed by atoms with Crippen LogP contribution in [0.1, 0.15) is 17.9 Å². The van der Waals surface area contributed by atoms with Crippen LogP contribution in [-0.4, -0.2) is 33.0 Å². The van der Waals surface area contributed by atoms with Gasteiger partial charge in [-0.25, -0.2) is 9.97 Å². The Morgan fingerprint density at radius 3 is 3.28 bits per heavy atom. The second-order valence-corrected chi connectivity index (χ2v) is 5.80. The molecule has 0 aromatic carbocycles. The van der Waals surface area contributed by atoms with E-state index in [4.69, 9.17) is 0 Å². The van der Waals surface area contributed by atoms with Gasteiger partial charge in [-0.15, -0.1) is 11.3 Å². The predicted molar refractivity (Wildman–Crippen MR) is 72.5 cm³/mol. The SMILES string of the molecule is CN(Cc1cscn1)C[C@H]1CCc2nccn2C1. The third-order valence-electron chi connectivity index (χ3n) is 3.52. The fourth-order valence-corrected chi connectivity index (χ4v) is 3.23. The molecule has 0 aliphatic carbocycles. The Kier molecular flexibility index (Phi) is 3.43. The van der Waals surface area contributed by atoms with E-state index in [1.807, 2.05) is 11.7 Å². The van der Waals surface area contributed by atoms with Gasteiger partial charge in [0.2, 0.25) is 0 Å². The quantitative estimate of drug-likeness (QED) is 0.845. The molecule has 96 valence electrons. The Morgan fingerprint density at radius 2 is 2.44 bits per heavy atom. The maximum Gasteiger partial charge on any atom is 0.108 e. The van der Waals surface area contributed by atoms with Gasteiger partial charge in [-0.2, -0.15) is 0 Å². The summed E-state index contributed by atoms with van der Waals surface area (Å²) in [5, 5.41) is 2.13. The first-order chi connectivity index (χ1) is 8.81. The Morgan fingerprint density at radius 1 is 1.50 bits per heavy atom. The Balaban J connectivity index is 1.54. The van der Waals surface area contributed by atoms with E-state index in [-0.39, 0.29) is 0 Å². The van der Waals surface area contributed by atoms with Gasteiger partial charge in [-0.3, -0.25) is 0 Å². The van der Waals surface area contributed by atoms with E-state index in [0.717, 1.165) is 32.0 Å². The Labute approximate surface area is 111 Å². The molecule has 1 aliphatic rings. The molecule has 0 saturated carbocycles. The van der Waals surface area contributed by atoms with Crippen LogP contribution in [-0.2, 0) is 19.5 Å². The average Bonchev–Trinajstić information content (AvgIpc) is 2.98. The van der Waals surface area contributed by atoms with Gasteiger partial charge in [-0.05, 0) is 19.4 Å². The highest BCUT2D eigenvalue weighted by Gasteiger charge is 2.20. The van der Waals surface area contributed by atoms with Crippen LogP contribution in [0.15, 0.2) is 23.3 Å². The summed E-state index contributed by atoms with van der Waals surface area (Å²) in [5.74, 6) is 1.98. The summed E-state index contributed by atoms with van der Waals surface area (Å²) in [6, 6.07) is 0. The molecule has 2 aromatic rings. The molecule has 3 rings (SSSR count). The molecule has 18 heavy (non-hydrogen) atoms. The Bertz CT molecular complexity index is 491. The van der Waals surface area contributed by atoms with Crippen molar-refractivity contribution in [3.05, 3.63) is 34.8 Å². The van der Waals surface area contributed by atoms with E-state index < -0.39 is 0 Å². The Hall–Kier alpha value is -1.20. The van der Waals surface area contributed by atoms with Crippen LogP contribution >= 0.6 is 11.3 Å². The minimum Gasteiger partial charge on any atom is -0.335 e. The van der Waals surface area contributed by atoms with E-state index in [0.29, 0.717) is 0 Å². The fraction of sp³-hybridized carbons (Fsp3) is 0.538. The molecule has 0 saturated heterocycles. The summed E-state index contributed by atoms with van der Waals surface area (Å²) in [6.07, 6.45) is 6.37. The summed E-state index contributed by atoms with van der Waals surface area (Å²) in [6.45, 7) is 3.20. The van der Waals surface area contributed by atoms with Crippen LogP contribution in [0.2, 0.25) is 0 Å². The van der Waals surface area contributed by atoms with Crippen molar-refractivity contribution < 1.29 is 0 Å². The van der Waals surface area contributed by atoms with Crippen LogP contribution < -0.4 is 0 Å². The van der Waals surface area contributed by atoms with Gasteiger partial charge in [0.1, 0.15) is 5.82 Å². The van der Waals surface area contributed by atoms with Crippen molar-refractivity contribution in [3.63, 3.8) is 0 Å². The number of thiazole rings is 1. The molecule has 3 heterocycles. The van der Waals surface area contributed by atoms with Crippen molar-refractivity contribution in [2.45, 2.75) is 25.9 Å². The van der Waals surface area contributed by atoms with Crippen LogP contribution in [0.4, 0.5) is 0 Å². The number of imidazole rings is 1. The number of hydrogen-bond donors (Lipinski definition) is 0. The summed E-state index contributed by atoms with van der Waals surface area (Å²) < 4.78 is 2.30. The van der Waals surface area contributed by atoms with E-state index in [2.05, 4.69) is 38.1 Å². The predicted octanol–water partition coefficient (Wildman–Crippen LogP) is 2.03. The molecule has 4 nitrogen and oxygen atoms in total. The summed E-state index contributed by atoms with van der Waals surface area (Å²) >= 11 is 1.67. The summed E-state index contributed by atoms with van der Waals surface area (Å²) in [4.78, 5) is 11.1. The normalized spacial score (nSPS) is 19.1. The van der Waals surface area contributed by atoms with Gasteiger partial charge in [0.05, 0.1) is 11.2 Å². The zero-order valence-corrected chi connectivity index (χ0v) is 11.4. The lowest BCUT2D eigenvalue weighted by molar-refractivity contribution is 0.227. The molecule has 1 aliphatic heterocycles. The van der Waals surface area contributed by atoms with E-state index in [1.54, 1.807) is 11.3 Å². The number of aryl methyl sites for hydroxylation is 1. The molecule has 5 heteroatoms. The summed E-state index contributed by atoms with van der Waals surface area (Å²) in [5.41, 5.74) is 3.09. The molecule has 0 unspecified atom stereocenters. The molecular weight excluding hydrogens is 244 g/mol. The number of fused-ring (bicyclic) bond motifs is 1. The first-order valence-electron chi connectivity index (χ1n) is 6.37. The molecule has 0 radical (unpaired) electrons. The summed E-state index contributed by atoms with van der Waals surface area (Å²) in [7, 11) is 2.18. The van der Waals surface area contributed by atoms with Crippen molar-refractivity contribution in [2.75, 3.05) is 13.6 Å². The molecule has 1 atom stereocenters. The standard InChI is InChI=1S/C13H18N4S/c1-16(8-12-9-18-10-15-12)6-11-2-3-13-14-4-5-17(13)7-11/h4-5,9-11H,2-3,6-8H2,1H3/t11-/m1/s1. The monoisotopic (exact) mass is 262 g/mol. The number of nitrogens with zero attached hydrogens (tertiary/aromatic N) is 4. The topological polar surface area (TPSA) is 34.0 Å². The lowest BCUT2D eigenvalue weighted by Gasteiger charge is -2.27. The highest BCUT2D eigenvalue weighted by atomic mass is 32.1. The van der Waals surface area contributed by atoms with Crippen LogP contribution in [0, 0.1) is 5.92 Å². The molecule has 2 aromatic heterocycles. The van der Waals surface area contributed by atoms with Gasteiger partial charge < -0.3 is 9.47 Å². The maximum absolute atomic E-state index is 4.37. The third-order valence-corrected chi connectivity index (χ3v) is 4.15. The molecule has 0 amide bonds. The first-order valence-corrected chi connectivity index (χ1v) is 7.31. The lowest BCUT2D eigenvalue weighted by Crippen LogP contribution is -2.31. The van der Waals surface area contributed by atoms with Crippen molar-refractivity contribution in [2.24, 2.45) is 5.92 Å². The van der Waals surface area contributed by atoms with Crippen molar-refractivity contribution in [3.8, 4) is 0 Å². The van der Waals surface area contributed by atoms with Crippen molar-refractivity contribution in [1.29, 1.82) is 0 Å². The van der Waals surface area contributed by atoms with Gasteiger partial charge in [0.15, 0.2) is 0 Å². The number of hydrogen-bond acceptors (Lipinski definition) is 4. The number of rotatable bonds is 4. The van der Waals surface area contributed by atoms with Gasteiger partial charge in [-0.1, -0.05) is 0 Å². The van der Waals surface area contributed by atoms with Gasteiger partial charge >= 0.3 is 0 Å². The van der Waals surface area contributed by atoms with Crippen LogP contribution in [0.5, 0.6) is 0 Å². The fourth-order valence-electron chi connectivity index (χ4n) is 2.68. The van der Waals surface area contributed by atoms with E-state index in [1.165, 1.54) is 17.9 Å². The van der Waals surface area contributed by atoms with Gasteiger partial charge in [0, 0.05) is 43.8 Å². The lowest BCUT2D eigenvalue weighted by atomic mass is 9.99. The minimum atomic E-state index is 0.732. The van der Waals surface area contributed by atoms with Crippen LogP contribution in [0.3, 0.4) is 0 Å². The molecular formula is C13H18N4S. The molecule has 0 bridgehead atoms. The van der Waals surface area contributed by atoms with E-state index in [9.17, 15) is 0 Å². The molecule has 0 spiro atoms. The smallest absolute Gasteiger partial charge is 0.108 e. The largest absolute Gasteiger partial charge is 0.335 e. The van der Waals surface area contributed by atoms with E-state index >= 15 is 0 Å². The average molecular weight is 262 g/mol. The highest BCUT2D eigenvalue weighted by Crippen LogP contribution is 2.19. The molecule has 0 fully saturated rings. The minimum absolute atomic E-state index is 0.732. The zero-order chi connectivity index (χ0) is 12.4. The van der Waals surface area contributed by atoms with Crippen molar-refractivity contribution >= 4 is 11.3 Å². The van der Waals surface area contributed by atoms with Gasteiger partial charge in [0.25, 0.3) is 0 Å². The number of aromatic nitrogens is 3. The first kappa shape index (κ1) is 11.9. The third kappa shape index (κ3) is 2.62.